The van der Waals surface area contributed by atoms with Gasteiger partial charge in [0.2, 0.25) is 0 Å². The van der Waals surface area contributed by atoms with Crippen molar-refractivity contribution in [2.45, 2.75) is 6.42 Å². The molecule has 0 aliphatic heterocycles. The first-order chi connectivity index (χ1) is 9.56. The molecule has 2 aromatic rings. The summed E-state index contributed by atoms with van der Waals surface area (Å²) in [7, 11) is 0. The molecule has 1 aliphatic carbocycles. The maximum Gasteiger partial charge on any atom is 0.332 e. The highest BCUT2D eigenvalue weighted by molar-refractivity contribution is 6.00. The minimum atomic E-state index is -1.17. The normalized spacial score (nSPS) is 17.4. The number of rotatable bonds is 2. The van der Waals surface area contributed by atoms with Crippen LogP contribution < -0.4 is 0 Å². The van der Waals surface area contributed by atoms with Crippen molar-refractivity contribution in [1.29, 1.82) is 0 Å². The summed E-state index contributed by atoms with van der Waals surface area (Å²) in [6.07, 6.45) is 1.69. The molecule has 1 aliphatic rings. The minimum Gasteiger partial charge on any atom is -0.481 e. The topological polar surface area (TPSA) is 74.6 Å². The van der Waals surface area contributed by atoms with Gasteiger partial charge in [0.15, 0.2) is 0 Å². The maximum absolute atomic E-state index is 11.2. The van der Waals surface area contributed by atoms with Crippen LogP contribution in [0.15, 0.2) is 42.0 Å². The third kappa shape index (κ3) is 1.95. The van der Waals surface area contributed by atoms with Crippen LogP contribution in [0.1, 0.15) is 11.1 Å². The number of carboxylic acids is 2. The Balaban J connectivity index is 2.20. The molecule has 4 nitrogen and oxygen atoms in total. The third-order valence-corrected chi connectivity index (χ3v) is 3.66. The van der Waals surface area contributed by atoms with Gasteiger partial charge >= 0.3 is 11.9 Å². The lowest BCUT2D eigenvalue weighted by Gasteiger charge is -2.21. The molecule has 0 spiro atoms. The van der Waals surface area contributed by atoms with Crippen LogP contribution in [-0.4, -0.2) is 22.2 Å². The van der Waals surface area contributed by atoms with E-state index in [1.165, 1.54) is 6.08 Å². The predicted molar refractivity (Wildman–Crippen MR) is 74.4 cm³/mol. The van der Waals surface area contributed by atoms with Gasteiger partial charge in [-0.1, -0.05) is 30.3 Å². The number of fused-ring (bicyclic) bond motifs is 2. The van der Waals surface area contributed by atoms with Gasteiger partial charge < -0.3 is 10.2 Å². The molecule has 1 unspecified atom stereocenters. The summed E-state index contributed by atoms with van der Waals surface area (Å²) in [6, 6.07) is 11.6. The zero-order chi connectivity index (χ0) is 14.3. The summed E-state index contributed by atoms with van der Waals surface area (Å²) in [5.41, 5.74) is 1.61. The molecule has 0 saturated carbocycles. The molecule has 2 aromatic carbocycles. The van der Waals surface area contributed by atoms with Crippen LogP contribution >= 0.6 is 0 Å². The van der Waals surface area contributed by atoms with Gasteiger partial charge in [-0.05, 0) is 40.5 Å². The van der Waals surface area contributed by atoms with Crippen molar-refractivity contribution >= 4 is 28.8 Å². The lowest BCUT2D eigenvalue weighted by molar-refractivity contribution is -0.143. The first kappa shape index (κ1) is 12.4. The molecule has 0 heterocycles. The molecule has 0 fully saturated rings. The van der Waals surface area contributed by atoms with Crippen molar-refractivity contribution in [3.63, 3.8) is 0 Å². The van der Waals surface area contributed by atoms with Crippen molar-refractivity contribution in [3.05, 3.63) is 53.1 Å². The van der Waals surface area contributed by atoms with Crippen molar-refractivity contribution < 1.29 is 19.8 Å². The van der Waals surface area contributed by atoms with Crippen LogP contribution in [0.3, 0.4) is 0 Å². The molecular formula is C16H12O4. The lowest BCUT2D eigenvalue weighted by Crippen LogP contribution is -2.26. The van der Waals surface area contributed by atoms with Gasteiger partial charge in [-0.15, -0.1) is 0 Å². The SMILES string of the molecule is O=C(O)C1=Cc2cc3ccccc3cc2CC1C(=O)O. The number of carbonyl (C=O) groups is 2. The quantitative estimate of drug-likeness (QED) is 0.877. The van der Waals surface area contributed by atoms with Crippen molar-refractivity contribution in [2.75, 3.05) is 0 Å². The molecule has 1 atom stereocenters. The second-order valence-corrected chi connectivity index (χ2v) is 4.90. The van der Waals surface area contributed by atoms with Crippen LogP contribution in [0.2, 0.25) is 0 Å². The Kier molecular flexibility index (Phi) is 2.79. The van der Waals surface area contributed by atoms with E-state index in [-0.39, 0.29) is 12.0 Å². The second-order valence-electron chi connectivity index (χ2n) is 4.90. The summed E-state index contributed by atoms with van der Waals surface area (Å²) in [5, 5.41) is 20.4. The zero-order valence-corrected chi connectivity index (χ0v) is 10.5. The smallest absolute Gasteiger partial charge is 0.332 e. The molecular weight excluding hydrogens is 256 g/mol. The monoisotopic (exact) mass is 268 g/mol. The molecule has 0 amide bonds. The molecule has 0 saturated heterocycles. The third-order valence-electron chi connectivity index (χ3n) is 3.66. The van der Waals surface area contributed by atoms with Crippen molar-refractivity contribution in [2.24, 2.45) is 5.92 Å². The minimum absolute atomic E-state index is 0.0553. The summed E-state index contributed by atoms with van der Waals surface area (Å²) >= 11 is 0. The number of benzene rings is 2. The Morgan fingerprint density at radius 2 is 1.70 bits per heavy atom. The predicted octanol–water partition coefficient (Wildman–Crippen LogP) is 2.56. The molecule has 20 heavy (non-hydrogen) atoms. The molecule has 0 aromatic heterocycles. The van der Waals surface area contributed by atoms with Gasteiger partial charge in [0.25, 0.3) is 0 Å². The van der Waals surface area contributed by atoms with E-state index in [2.05, 4.69) is 0 Å². The summed E-state index contributed by atoms with van der Waals surface area (Å²) in [5.74, 6) is -3.25. The van der Waals surface area contributed by atoms with Crippen LogP contribution in [0.25, 0.3) is 16.8 Å². The molecule has 0 bridgehead atoms. The van der Waals surface area contributed by atoms with Crippen molar-refractivity contribution in [3.8, 4) is 0 Å². The van der Waals surface area contributed by atoms with Gasteiger partial charge in [-0.3, -0.25) is 4.79 Å². The van der Waals surface area contributed by atoms with Gasteiger partial charge in [0.05, 0.1) is 11.5 Å². The summed E-state index contributed by atoms with van der Waals surface area (Å²) in [4.78, 5) is 22.4. The van der Waals surface area contributed by atoms with E-state index < -0.39 is 17.9 Å². The molecule has 3 rings (SSSR count). The van der Waals surface area contributed by atoms with E-state index in [1.54, 1.807) is 0 Å². The number of hydrogen-bond donors (Lipinski definition) is 2. The Morgan fingerprint density at radius 1 is 1.05 bits per heavy atom. The molecule has 0 radical (unpaired) electrons. The first-order valence-corrected chi connectivity index (χ1v) is 6.25. The van der Waals surface area contributed by atoms with Crippen LogP contribution in [0, 0.1) is 5.92 Å². The fraction of sp³-hybridized carbons (Fsp3) is 0.125. The Bertz CT molecular complexity index is 758. The van der Waals surface area contributed by atoms with Gasteiger partial charge in [0.1, 0.15) is 0 Å². The number of hydrogen-bond acceptors (Lipinski definition) is 2. The highest BCUT2D eigenvalue weighted by Crippen LogP contribution is 2.32. The van der Waals surface area contributed by atoms with E-state index in [1.807, 2.05) is 36.4 Å². The fourth-order valence-electron chi connectivity index (χ4n) is 2.65. The van der Waals surface area contributed by atoms with Crippen LogP contribution in [0.5, 0.6) is 0 Å². The summed E-state index contributed by atoms with van der Waals surface area (Å²) in [6.45, 7) is 0. The van der Waals surface area contributed by atoms with Gasteiger partial charge in [-0.25, -0.2) is 4.79 Å². The van der Waals surface area contributed by atoms with Gasteiger partial charge in [0, 0.05) is 0 Å². The zero-order valence-electron chi connectivity index (χ0n) is 10.5. The largest absolute Gasteiger partial charge is 0.481 e. The Labute approximate surface area is 115 Å². The highest BCUT2D eigenvalue weighted by Gasteiger charge is 2.31. The summed E-state index contributed by atoms with van der Waals surface area (Å²) < 4.78 is 0. The number of aliphatic carboxylic acids is 2. The fourth-order valence-corrected chi connectivity index (χ4v) is 2.65. The molecule has 2 N–H and O–H groups in total. The molecule has 4 heteroatoms. The van der Waals surface area contributed by atoms with Crippen LogP contribution in [0.4, 0.5) is 0 Å². The van der Waals surface area contributed by atoms with E-state index >= 15 is 0 Å². The van der Waals surface area contributed by atoms with Crippen LogP contribution in [-0.2, 0) is 16.0 Å². The van der Waals surface area contributed by atoms with E-state index in [4.69, 9.17) is 5.11 Å². The van der Waals surface area contributed by atoms with E-state index in [0.29, 0.717) is 0 Å². The number of carboxylic acid groups (broad SMARTS) is 2. The average molecular weight is 268 g/mol. The van der Waals surface area contributed by atoms with E-state index in [0.717, 1.165) is 21.9 Å². The maximum atomic E-state index is 11.2. The second kappa shape index (κ2) is 4.49. The van der Waals surface area contributed by atoms with Crippen molar-refractivity contribution in [1.82, 2.24) is 0 Å². The standard InChI is InChI=1S/C16H12O4/c17-15(18)13-7-11-5-9-3-1-2-4-10(9)6-12(11)8-14(13)16(19)20/h1-7,14H,8H2,(H,17,18)(H,19,20). The highest BCUT2D eigenvalue weighted by atomic mass is 16.4. The van der Waals surface area contributed by atoms with E-state index in [9.17, 15) is 14.7 Å². The Morgan fingerprint density at radius 3 is 2.30 bits per heavy atom. The Hall–Kier alpha value is -2.62. The van der Waals surface area contributed by atoms with Gasteiger partial charge in [-0.2, -0.15) is 0 Å². The lowest BCUT2D eigenvalue weighted by atomic mass is 9.82. The molecule has 100 valence electrons. The first-order valence-electron chi connectivity index (χ1n) is 6.25. The average Bonchev–Trinajstić information content (AvgIpc) is 2.43.